The highest BCUT2D eigenvalue weighted by Crippen LogP contribution is 2.55. The molecule has 2 aromatic carbocycles. The van der Waals surface area contributed by atoms with Crippen molar-refractivity contribution >= 4 is 23.1 Å². The van der Waals surface area contributed by atoms with Crippen LogP contribution in [0.2, 0.25) is 0 Å². The number of hydrogen-bond acceptors (Lipinski definition) is 6. The summed E-state index contributed by atoms with van der Waals surface area (Å²) in [7, 11) is 1.76. The number of benzene rings is 2. The summed E-state index contributed by atoms with van der Waals surface area (Å²) in [6.07, 6.45) is 3.29. The lowest BCUT2D eigenvalue weighted by atomic mass is 9.76. The first-order valence-electron chi connectivity index (χ1n) is 8.47. The number of nitro benzene ring substituents is 2. The highest BCUT2D eigenvalue weighted by Gasteiger charge is 2.58. The normalized spacial score (nSPS) is 21.2. The first-order chi connectivity index (χ1) is 13.1. The molecule has 2 aliphatic heterocycles. The largest absolute Gasteiger partial charge is 0.456 e. The molecule has 8 nitrogen and oxygen atoms in total. The zero-order valence-corrected chi connectivity index (χ0v) is 15.3. The molecule has 9 heteroatoms. The summed E-state index contributed by atoms with van der Waals surface area (Å²) in [5.41, 5.74) is -1.10. The molecule has 0 radical (unpaired) electrons. The Hall–Kier alpha value is -3.49. The van der Waals surface area contributed by atoms with Crippen LogP contribution in [0.1, 0.15) is 25.0 Å². The van der Waals surface area contributed by atoms with E-state index in [1.54, 1.807) is 30.2 Å². The third-order valence-electron chi connectivity index (χ3n) is 5.62. The highest BCUT2D eigenvalue weighted by molar-refractivity contribution is 5.76. The van der Waals surface area contributed by atoms with E-state index in [1.807, 2.05) is 13.8 Å². The molecular weight excluding hydrogens is 369 g/mol. The van der Waals surface area contributed by atoms with Gasteiger partial charge in [-0.05, 0) is 49.8 Å². The summed E-state index contributed by atoms with van der Waals surface area (Å²) >= 11 is 0. The van der Waals surface area contributed by atoms with E-state index in [9.17, 15) is 24.6 Å². The van der Waals surface area contributed by atoms with Crippen LogP contribution >= 0.6 is 0 Å². The molecule has 0 N–H and O–H groups in total. The molecule has 4 rings (SSSR count). The van der Waals surface area contributed by atoms with Gasteiger partial charge in [-0.2, -0.15) is 0 Å². The van der Waals surface area contributed by atoms with Gasteiger partial charge < -0.3 is 9.64 Å². The molecule has 0 saturated carbocycles. The lowest BCUT2D eigenvalue weighted by Crippen LogP contribution is -2.58. The molecule has 0 saturated heterocycles. The standard InChI is InChI=1S/C19H16FN3O5/c1-18(2)14-9-12(20)4-5-15(14)21(3)19(18)7-6-11-8-13(22(24)25)10-16(23(26)27)17(11)28-19/h4-10H,1-3H3. The Morgan fingerprint density at radius 1 is 1.11 bits per heavy atom. The molecule has 0 aromatic heterocycles. The molecule has 1 spiro atoms. The van der Waals surface area contributed by atoms with Gasteiger partial charge in [-0.1, -0.05) is 0 Å². The molecular formula is C19H16FN3O5. The Morgan fingerprint density at radius 3 is 2.46 bits per heavy atom. The number of nitro groups is 2. The number of rotatable bonds is 2. The highest BCUT2D eigenvalue weighted by atomic mass is 19.1. The number of ether oxygens (including phenoxy) is 1. The summed E-state index contributed by atoms with van der Waals surface area (Å²) in [5, 5.41) is 22.7. The van der Waals surface area contributed by atoms with Crippen molar-refractivity contribution < 1.29 is 19.0 Å². The zero-order valence-electron chi connectivity index (χ0n) is 15.3. The van der Waals surface area contributed by atoms with Crippen LogP contribution in [0.15, 0.2) is 36.4 Å². The fraction of sp³-hybridized carbons (Fsp3) is 0.263. The molecule has 2 heterocycles. The minimum atomic E-state index is -1.16. The van der Waals surface area contributed by atoms with E-state index in [0.29, 0.717) is 5.56 Å². The summed E-state index contributed by atoms with van der Waals surface area (Å²) in [6, 6.07) is 6.54. The average Bonchev–Trinajstić information content (AvgIpc) is 2.79. The monoisotopic (exact) mass is 385 g/mol. The van der Waals surface area contributed by atoms with Crippen molar-refractivity contribution in [3.05, 3.63) is 73.6 Å². The van der Waals surface area contributed by atoms with Gasteiger partial charge in [0.15, 0.2) is 0 Å². The molecule has 0 bridgehead atoms. The van der Waals surface area contributed by atoms with Crippen molar-refractivity contribution in [2.24, 2.45) is 0 Å². The molecule has 1 unspecified atom stereocenters. The third kappa shape index (κ3) is 2.16. The molecule has 2 aliphatic rings. The topological polar surface area (TPSA) is 98.8 Å². The van der Waals surface area contributed by atoms with Gasteiger partial charge >= 0.3 is 5.69 Å². The number of likely N-dealkylation sites (N-methyl/N-ethyl adjacent to an activating group) is 1. The van der Waals surface area contributed by atoms with Crippen molar-refractivity contribution in [2.45, 2.75) is 25.0 Å². The quantitative estimate of drug-likeness (QED) is 0.568. The van der Waals surface area contributed by atoms with E-state index in [4.69, 9.17) is 4.74 Å². The summed E-state index contributed by atoms with van der Waals surface area (Å²) in [4.78, 5) is 23.1. The Balaban J connectivity index is 1.92. The number of halogens is 1. The number of nitrogens with zero attached hydrogens (tertiary/aromatic N) is 3. The van der Waals surface area contributed by atoms with Crippen LogP contribution in [0.5, 0.6) is 5.75 Å². The predicted molar refractivity (Wildman–Crippen MR) is 100.0 cm³/mol. The smallest absolute Gasteiger partial charge is 0.318 e. The maximum atomic E-state index is 13.9. The first-order valence-corrected chi connectivity index (χ1v) is 8.47. The van der Waals surface area contributed by atoms with Gasteiger partial charge in [-0.25, -0.2) is 4.39 Å². The number of hydrogen-bond donors (Lipinski definition) is 0. The molecule has 144 valence electrons. The van der Waals surface area contributed by atoms with E-state index in [2.05, 4.69) is 0 Å². The number of anilines is 1. The second-order valence-corrected chi connectivity index (χ2v) is 7.37. The summed E-state index contributed by atoms with van der Waals surface area (Å²) < 4.78 is 20.1. The minimum Gasteiger partial charge on any atom is -0.456 e. The summed E-state index contributed by atoms with van der Waals surface area (Å²) in [6.45, 7) is 3.72. The van der Waals surface area contributed by atoms with Crippen LogP contribution in [0.3, 0.4) is 0 Å². The molecule has 0 amide bonds. The van der Waals surface area contributed by atoms with Gasteiger partial charge in [0.1, 0.15) is 5.82 Å². The van der Waals surface area contributed by atoms with E-state index in [-0.39, 0.29) is 22.8 Å². The molecule has 0 fully saturated rings. The Labute approximate surface area is 159 Å². The Morgan fingerprint density at radius 2 is 1.82 bits per heavy atom. The maximum absolute atomic E-state index is 13.9. The van der Waals surface area contributed by atoms with Crippen molar-refractivity contribution in [2.75, 3.05) is 11.9 Å². The SMILES string of the molecule is CN1c2ccc(F)cc2C(C)(C)C12C=Cc1cc([N+](=O)[O-])cc([N+](=O)[O-])c1O2. The zero-order chi connectivity index (χ0) is 20.4. The maximum Gasteiger partial charge on any atom is 0.318 e. The van der Waals surface area contributed by atoms with Crippen molar-refractivity contribution in [3.8, 4) is 5.75 Å². The van der Waals surface area contributed by atoms with E-state index in [1.165, 1.54) is 18.2 Å². The average molecular weight is 385 g/mol. The van der Waals surface area contributed by atoms with Crippen LogP contribution in [0, 0.1) is 26.0 Å². The van der Waals surface area contributed by atoms with E-state index in [0.717, 1.165) is 11.8 Å². The van der Waals surface area contributed by atoms with Crippen LogP contribution < -0.4 is 9.64 Å². The van der Waals surface area contributed by atoms with Gasteiger partial charge in [-0.15, -0.1) is 0 Å². The fourth-order valence-electron chi connectivity index (χ4n) is 4.10. The second kappa shape index (κ2) is 5.51. The Bertz CT molecular complexity index is 1080. The van der Waals surface area contributed by atoms with Gasteiger partial charge in [0.2, 0.25) is 11.5 Å². The first kappa shape index (κ1) is 17.9. The lowest BCUT2D eigenvalue weighted by Gasteiger charge is -2.45. The second-order valence-electron chi connectivity index (χ2n) is 7.37. The number of non-ortho nitro benzene ring substituents is 1. The molecule has 28 heavy (non-hydrogen) atoms. The predicted octanol–water partition coefficient (Wildman–Crippen LogP) is 4.17. The molecule has 2 aromatic rings. The van der Waals surface area contributed by atoms with Crippen molar-refractivity contribution in [3.63, 3.8) is 0 Å². The fourth-order valence-corrected chi connectivity index (χ4v) is 4.10. The van der Waals surface area contributed by atoms with Crippen LogP contribution in [0.4, 0.5) is 21.5 Å². The number of fused-ring (bicyclic) bond motifs is 2. The van der Waals surface area contributed by atoms with Crippen LogP contribution in [0.25, 0.3) is 6.08 Å². The van der Waals surface area contributed by atoms with Crippen molar-refractivity contribution in [1.29, 1.82) is 0 Å². The molecule has 1 atom stereocenters. The van der Waals surface area contributed by atoms with Gasteiger partial charge in [-0.3, -0.25) is 20.2 Å². The van der Waals surface area contributed by atoms with E-state index >= 15 is 0 Å². The van der Waals surface area contributed by atoms with Gasteiger partial charge in [0.05, 0.1) is 21.3 Å². The molecule has 0 aliphatic carbocycles. The van der Waals surface area contributed by atoms with Crippen molar-refractivity contribution in [1.82, 2.24) is 0 Å². The summed E-state index contributed by atoms with van der Waals surface area (Å²) in [5.74, 6) is -0.439. The third-order valence-corrected chi connectivity index (χ3v) is 5.62. The van der Waals surface area contributed by atoms with Crippen LogP contribution in [-0.2, 0) is 5.41 Å². The van der Waals surface area contributed by atoms with Gasteiger partial charge in [0.25, 0.3) is 5.69 Å². The van der Waals surface area contributed by atoms with E-state index < -0.39 is 26.7 Å². The minimum absolute atomic E-state index is 0.0497. The lowest BCUT2D eigenvalue weighted by molar-refractivity contribution is -0.395. The Kier molecular flexibility index (Phi) is 3.52. The van der Waals surface area contributed by atoms with Crippen LogP contribution in [-0.4, -0.2) is 22.6 Å². The van der Waals surface area contributed by atoms with Gasteiger partial charge in [0, 0.05) is 24.4 Å².